The van der Waals surface area contributed by atoms with E-state index in [0.717, 1.165) is 50.1 Å². The fourth-order valence-corrected chi connectivity index (χ4v) is 15.9. The van der Waals surface area contributed by atoms with Gasteiger partial charge in [0.15, 0.2) is 5.78 Å². The molecular weight excluding hydrogens is 547 g/mol. The highest BCUT2D eigenvalue weighted by atomic mass is 28.3. The fraction of sp³-hybridized carbons (Fsp3) is 0.737. The van der Waals surface area contributed by atoms with Crippen molar-refractivity contribution >= 4 is 20.0 Å². The predicted octanol–water partition coefficient (Wildman–Crippen LogP) is 10.9. The summed E-state index contributed by atoms with van der Waals surface area (Å²) < 4.78 is 6.64. The number of rotatable bonds is 12. The summed E-state index contributed by atoms with van der Waals surface area (Å²) in [5.74, 6) is 1.73. The number of Topliss-reactive ketones (excluding diaryl/α,β-unsaturated/α-hetero) is 1. The van der Waals surface area contributed by atoms with Gasteiger partial charge in [0.1, 0.15) is 14.2 Å². The Kier molecular flexibility index (Phi) is 12.4. The van der Waals surface area contributed by atoms with Crippen molar-refractivity contribution in [2.45, 2.75) is 162 Å². The van der Waals surface area contributed by atoms with Gasteiger partial charge in [-0.05, 0) is 70.3 Å². The summed E-state index contributed by atoms with van der Waals surface area (Å²) in [7, 11) is -2.24. The molecule has 3 rings (SSSR count). The van der Waals surface area contributed by atoms with Crippen molar-refractivity contribution in [1.82, 2.24) is 4.90 Å². The first-order valence-electron chi connectivity index (χ1n) is 17.5. The summed E-state index contributed by atoms with van der Waals surface area (Å²) in [6.45, 7) is 25.3. The first-order chi connectivity index (χ1) is 20.2. The van der Waals surface area contributed by atoms with E-state index in [0.29, 0.717) is 34.9 Å². The topological polar surface area (TPSA) is 46.6 Å². The minimum Gasteiger partial charge on any atom is -0.446 e. The third-order valence-corrected chi connectivity index (χ3v) is 18.6. The van der Waals surface area contributed by atoms with Crippen LogP contribution in [0.2, 0.25) is 16.6 Å². The third-order valence-electron chi connectivity index (χ3n) is 11.5. The zero-order valence-electron chi connectivity index (χ0n) is 29.4. The zero-order chi connectivity index (χ0) is 32.1. The Morgan fingerprint density at radius 2 is 1.56 bits per heavy atom. The van der Waals surface area contributed by atoms with E-state index in [1.165, 1.54) is 5.56 Å². The van der Waals surface area contributed by atoms with Crippen LogP contribution in [0.3, 0.4) is 0 Å². The molecule has 1 aromatic carbocycles. The number of benzene rings is 1. The first kappa shape index (κ1) is 35.6. The Labute approximate surface area is 265 Å². The van der Waals surface area contributed by atoms with Crippen LogP contribution in [0, 0.1) is 17.8 Å². The van der Waals surface area contributed by atoms with Crippen molar-refractivity contribution in [2.75, 3.05) is 0 Å². The van der Waals surface area contributed by atoms with Crippen LogP contribution in [0.4, 0.5) is 4.79 Å². The lowest BCUT2D eigenvalue weighted by Gasteiger charge is -2.48. The number of carbonyl (C=O) groups excluding carboxylic acids is 2. The molecule has 0 N–H and O–H groups in total. The Bertz CT molecular complexity index is 1070. The molecule has 43 heavy (non-hydrogen) atoms. The molecular formula is C38H63NO3Si. The van der Waals surface area contributed by atoms with Gasteiger partial charge in [0.05, 0.1) is 0 Å². The highest BCUT2D eigenvalue weighted by Gasteiger charge is 2.51. The maximum absolute atomic E-state index is 14.4. The number of allylic oxidation sites excluding steroid dienone is 1. The van der Waals surface area contributed by atoms with Crippen molar-refractivity contribution in [2.24, 2.45) is 17.8 Å². The molecule has 5 heteroatoms. The highest BCUT2D eigenvalue weighted by Crippen LogP contribution is 2.49. The number of ketones is 1. The molecule has 0 radical (unpaired) electrons. The average molecular weight is 610 g/mol. The van der Waals surface area contributed by atoms with E-state index < -0.39 is 8.07 Å². The zero-order valence-corrected chi connectivity index (χ0v) is 30.4. The Morgan fingerprint density at radius 3 is 2.09 bits per heavy atom. The number of hydrogen-bond acceptors (Lipinski definition) is 3. The summed E-state index contributed by atoms with van der Waals surface area (Å²) in [6, 6.07) is 10.6. The molecule has 0 unspecified atom stereocenters. The van der Waals surface area contributed by atoms with Gasteiger partial charge in [0.2, 0.25) is 0 Å². The van der Waals surface area contributed by atoms with Gasteiger partial charge in [-0.25, -0.2) is 4.79 Å². The molecule has 1 heterocycles. The number of ether oxygens (including phenoxy) is 1. The van der Waals surface area contributed by atoms with Crippen LogP contribution in [0.1, 0.15) is 133 Å². The van der Waals surface area contributed by atoms with Crippen LogP contribution in [-0.2, 0) is 14.9 Å². The monoisotopic (exact) mass is 609 g/mol. The summed E-state index contributed by atoms with van der Waals surface area (Å²) in [5.41, 5.74) is 2.38. The van der Waals surface area contributed by atoms with Gasteiger partial charge in [0.25, 0.3) is 0 Å². The van der Waals surface area contributed by atoms with Crippen LogP contribution in [0.25, 0.3) is 0 Å². The van der Waals surface area contributed by atoms with Gasteiger partial charge in [-0.15, -0.1) is 0 Å². The van der Waals surface area contributed by atoms with Gasteiger partial charge in [-0.2, -0.15) is 0 Å². The Balaban J connectivity index is 2.03. The molecule has 0 aromatic heterocycles. The molecule has 1 saturated carbocycles. The Hall–Kier alpha value is -1.88. The summed E-state index contributed by atoms with van der Waals surface area (Å²) >= 11 is 0. The van der Waals surface area contributed by atoms with Crippen molar-refractivity contribution in [3.05, 3.63) is 47.3 Å². The minimum absolute atomic E-state index is 0.124. The van der Waals surface area contributed by atoms with Gasteiger partial charge >= 0.3 is 6.09 Å². The van der Waals surface area contributed by atoms with Crippen LogP contribution < -0.4 is 0 Å². The molecule has 4 nitrogen and oxygen atoms in total. The first-order valence-corrected chi connectivity index (χ1v) is 19.7. The van der Waals surface area contributed by atoms with E-state index >= 15 is 0 Å². The van der Waals surface area contributed by atoms with Gasteiger partial charge in [-0.3, -0.25) is 9.69 Å². The van der Waals surface area contributed by atoms with Crippen molar-refractivity contribution in [1.29, 1.82) is 0 Å². The fourth-order valence-electron chi connectivity index (χ4n) is 9.05. The normalized spacial score (nSPS) is 23.8. The average Bonchev–Trinajstić information content (AvgIpc) is 2.94. The second-order valence-corrected chi connectivity index (χ2v) is 21.4. The molecule has 1 amide bonds. The lowest BCUT2D eigenvalue weighted by Crippen LogP contribution is -2.54. The second kappa shape index (κ2) is 14.9. The molecule has 1 aliphatic carbocycles. The minimum atomic E-state index is -2.24. The van der Waals surface area contributed by atoms with Crippen molar-refractivity contribution in [3.63, 3.8) is 0 Å². The molecule has 242 valence electrons. The van der Waals surface area contributed by atoms with Crippen LogP contribution in [0.15, 0.2) is 41.7 Å². The summed E-state index contributed by atoms with van der Waals surface area (Å²) in [6.07, 6.45) is 9.16. The molecule has 2 aliphatic rings. The molecule has 1 fully saturated rings. The lowest BCUT2D eigenvalue weighted by molar-refractivity contribution is -0.116. The smallest absolute Gasteiger partial charge is 0.414 e. The number of nitrogens with zero attached hydrogens (tertiary/aromatic N) is 1. The van der Waals surface area contributed by atoms with E-state index in [4.69, 9.17) is 4.74 Å². The second-order valence-electron chi connectivity index (χ2n) is 15.6. The number of carbonyl (C=O) groups is 2. The van der Waals surface area contributed by atoms with Crippen molar-refractivity contribution < 1.29 is 14.3 Å². The van der Waals surface area contributed by atoms with E-state index in [-0.39, 0.29) is 35.4 Å². The number of amides is 1. The van der Waals surface area contributed by atoms with Crippen molar-refractivity contribution in [3.8, 4) is 0 Å². The van der Waals surface area contributed by atoms with Gasteiger partial charge in [0, 0.05) is 24.6 Å². The summed E-state index contributed by atoms with van der Waals surface area (Å²) in [4.78, 5) is 30.3. The SMILES string of the molecule is CCCCC[C@@H]1CC(=O)C([Si](C(C)C)(C(C)C)C(C)C)=CN1C(=O)O[C@@H]1CC[C@@H](C(C)C)C[C@H]1C(C)(C)c1ccccc1. The van der Waals surface area contributed by atoms with Crippen LogP contribution in [-0.4, -0.2) is 37.0 Å². The van der Waals surface area contributed by atoms with E-state index in [2.05, 4.69) is 106 Å². The van der Waals surface area contributed by atoms with E-state index in [1.54, 1.807) is 0 Å². The molecule has 0 bridgehead atoms. The molecule has 0 saturated heterocycles. The molecule has 1 aliphatic heterocycles. The van der Waals surface area contributed by atoms with Crippen LogP contribution in [0.5, 0.6) is 0 Å². The lowest BCUT2D eigenvalue weighted by atomic mass is 9.62. The maximum Gasteiger partial charge on any atom is 0.414 e. The standard InChI is InChI=1S/C38H63NO3Si/c1-12-13-15-20-32-24-34(40)36(43(27(4)5,28(6)7)29(8)9)25-39(32)37(41)42-35-22-21-30(26(2)3)23-33(35)38(10,11)31-18-16-14-17-19-31/h14,16-19,25-30,32-33,35H,12-13,15,20-24H2,1-11H3/t30-,32-,33-,35-/m1/s1. The predicted molar refractivity (Wildman–Crippen MR) is 184 cm³/mol. The number of hydrogen-bond donors (Lipinski definition) is 0. The molecule has 4 atom stereocenters. The largest absolute Gasteiger partial charge is 0.446 e. The Morgan fingerprint density at radius 1 is 0.953 bits per heavy atom. The molecule has 1 aromatic rings. The highest BCUT2D eigenvalue weighted by molar-refractivity contribution is 6.93. The van der Waals surface area contributed by atoms with E-state index in [9.17, 15) is 9.59 Å². The summed E-state index contributed by atoms with van der Waals surface area (Å²) in [5, 5.41) is 0.959. The van der Waals surface area contributed by atoms with E-state index in [1.807, 2.05) is 11.1 Å². The van der Waals surface area contributed by atoms with Gasteiger partial charge < -0.3 is 4.74 Å². The molecule has 0 spiro atoms. The maximum atomic E-state index is 14.4. The van der Waals surface area contributed by atoms with Gasteiger partial charge in [-0.1, -0.05) is 126 Å². The van der Waals surface area contributed by atoms with Crippen LogP contribution >= 0.6 is 0 Å². The third kappa shape index (κ3) is 7.51. The quantitative estimate of drug-likeness (QED) is 0.175. The number of unbranched alkanes of at least 4 members (excludes halogenated alkanes) is 2.